The summed E-state index contributed by atoms with van der Waals surface area (Å²) in [6.45, 7) is 3.91. The van der Waals surface area contributed by atoms with Crippen molar-refractivity contribution in [3.05, 3.63) is 29.8 Å². The first-order valence-electron chi connectivity index (χ1n) is 7.22. The summed E-state index contributed by atoms with van der Waals surface area (Å²) in [7, 11) is 0. The molecule has 0 radical (unpaired) electrons. The molecule has 106 valence electrons. The second kappa shape index (κ2) is 6.53. The molecule has 4 heteroatoms. The van der Waals surface area contributed by atoms with Crippen LogP contribution in [0.1, 0.15) is 38.2 Å². The predicted molar refractivity (Wildman–Crippen MR) is 79.2 cm³/mol. The van der Waals surface area contributed by atoms with Crippen molar-refractivity contribution in [3.63, 3.8) is 0 Å². The van der Waals surface area contributed by atoms with Crippen LogP contribution < -0.4 is 10.6 Å². The van der Waals surface area contributed by atoms with E-state index in [0.29, 0.717) is 11.3 Å². The predicted octanol–water partition coefficient (Wildman–Crippen LogP) is 2.67. The quantitative estimate of drug-likeness (QED) is 0.885. The second-order valence-electron chi connectivity index (χ2n) is 5.43. The van der Waals surface area contributed by atoms with Crippen LogP contribution in [0, 0.1) is 16.7 Å². The number of amides is 1. The molecule has 2 N–H and O–H groups in total. The van der Waals surface area contributed by atoms with Crippen LogP contribution in [0.2, 0.25) is 0 Å². The molecule has 0 aliphatic carbocycles. The van der Waals surface area contributed by atoms with E-state index in [-0.39, 0.29) is 11.3 Å². The Labute approximate surface area is 120 Å². The summed E-state index contributed by atoms with van der Waals surface area (Å²) < 4.78 is 0. The fourth-order valence-corrected chi connectivity index (χ4v) is 2.90. The maximum atomic E-state index is 12.7. The number of carbonyl (C=O) groups is 1. The van der Waals surface area contributed by atoms with Gasteiger partial charge in [0.2, 0.25) is 5.91 Å². The van der Waals surface area contributed by atoms with Gasteiger partial charge in [-0.2, -0.15) is 5.26 Å². The largest absolute Gasteiger partial charge is 0.326 e. The Hall–Kier alpha value is -1.86. The molecular weight excluding hydrogens is 250 g/mol. The molecule has 0 saturated carbocycles. The summed E-state index contributed by atoms with van der Waals surface area (Å²) in [4.78, 5) is 12.7. The molecular formula is C16H21N3O. The topological polar surface area (TPSA) is 64.9 Å². The third kappa shape index (κ3) is 3.17. The third-order valence-electron chi connectivity index (χ3n) is 4.02. The SMILES string of the molecule is CCCC1(C(=O)Nc2cccc(C#N)c2)CCNCC1. The van der Waals surface area contributed by atoms with Gasteiger partial charge in [0, 0.05) is 5.69 Å². The van der Waals surface area contributed by atoms with Crippen molar-refractivity contribution in [2.24, 2.45) is 5.41 Å². The number of piperidine rings is 1. The highest BCUT2D eigenvalue weighted by molar-refractivity contribution is 5.95. The molecule has 20 heavy (non-hydrogen) atoms. The summed E-state index contributed by atoms with van der Waals surface area (Å²) in [5.74, 6) is 0.0935. The Morgan fingerprint density at radius 2 is 2.20 bits per heavy atom. The minimum atomic E-state index is -0.261. The van der Waals surface area contributed by atoms with E-state index >= 15 is 0 Å². The molecule has 1 saturated heterocycles. The van der Waals surface area contributed by atoms with Crippen LogP contribution in [0.3, 0.4) is 0 Å². The number of nitrogens with one attached hydrogen (secondary N) is 2. The van der Waals surface area contributed by atoms with Crippen LogP contribution in [-0.2, 0) is 4.79 Å². The van der Waals surface area contributed by atoms with Crippen LogP contribution >= 0.6 is 0 Å². The first-order chi connectivity index (χ1) is 9.70. The van der Waals surface area contributed by atoms with Crippen molar-refractivity contribution < 1.29 is 4.79 Å². The molecule has 2 rings (SSSR count). The van der Waals surface area contributed by atoms with E-state index < -0.39 is 0 Å². The summed E-state index contributed by atoms with van der Waals surface area (Å²) in [5, 5.41) is 15.2. The van der Waals surface area contributed by atoms with Crippen molar-refractivity contribution >= 4 is 11.6 Å². The first-order valence-corrected chi connectivity index (χ1v) is 7.22. The summed E-state index contributed by atoms with van der Waals surface area (Å²) in [6.07, 6.45) is 3.68. The van der Waals surface area contributed by atoms with Crippen molar-refractivity contribution in [1.82, 2.24) is 5.32 Å². The number of rotatable bonds is 4. The molecule has 0 unspecified atom stereocenters. The average Bonchev–Trinajstić information content (AvgIpc) is 2.48. The number of anilines is 1. The zero-order chi connectivity index (χ0) is 14.4. The third-order valence-corrected chi connectivity index (χ3v) is 4.02. The van der Waals surface area contributed by atoms with Crippen LogP contribution in [0.4, 0.5) is 5.69 Å². The summed E-state index contributed by atoms with van der Waals surface area (Å²) in [5.41, 5.74) is 1.02. The molecule has 0 atom stereocenters. The molecule has 4 nitrogen and oxygen atoms in total. The number of benzene rings is 1. The summed E-state index contributed by atoms with van der Waals surface area (Å²) in [6, 6.07) is 9.18. The Morgan fingerprint density at radius 3 is 2.85 bits per heavy atom. The standard InChI is InChI=1S/C16H21N3O/c1-2-6-16(7-9-18-10-8-16)15(20)19-14-5-3-4-13(11-14)12-17/h3-5,11,18H,2,6-10H2,1H3,(H,19,20). The lowest BCUT2D eigenvalue weighted by atomic mass is 9.74. The highest BCUT2D eigenvalue weighted by Gasteiger charge is 2.38. The van der Waals surface area contributed by atoms with Crippen molar-refractivity contribution in [3.8, 4) is 6.07 Å². The second-order valence-corrected chi connectivity index (χ2v) is 5.43. The van der Waals surface area contributed by atoms with Crippen molar-refractivity contribution in [1.29, 1.82) is 5.26 Å². The smallest absolute Gasteiger partial charge is 0.230 e. The Balaban J connectivity index is 2.14. The van der Waals surface area contributed by atoms with Gasteiger partial charge in [-0.25, -0.2) is 0 Å². The first kappa shape index (κ1) is 14.5. The van der Waals surface area contributed by atoms with Gasteiger partial charge in [-0.1, -0.05) is 19.4 Å². The Kier molecular flexibility index (Phi) is 4.75. The Morgan fingerprint density at radius 1 is 1.45 bits per heavy atom. The van der Waals surface area contributed by atoms with Crippen LogP contribution in [0.5, 0.6) is 0 Å². The van der Waals surface area contributed by atoms with Gasteiger partial charge in [-0.05, 0) is 50.6 Å². The molecule has 1 aromatic carbocycles. The average molecular weight is 271 g/mol. The number of carbonyl (C=O) groups excluding carboxylic acids is 1. The number of nitrogens with zero attached hydrogens (tertiary/aromatic N) is 1. The van der Waals surface area contributed by atoms with E-state index in [1.54, 1.807) is 18.2 Å². The van der Waals surface area contributed by atoms with E-state index in [1.807, 2.05) is 6.07 Å². The lowest BCUT2D eigenvalue weighted by molar-refractivity contribution is -0.127. The zero-order valence-corrected chi connectivity index (χ0v) is 11.9. The van der Waals surface area contributed by atoms with E-state index in [0.717, 1.165) is 38.8 Å². The summed E-state index contributed by atoms with van der Waals surface area (Å²) >= 11 is 0. The molecule has 1 amide bonds. The Bertz CT molecular complexity index is 507. The van der Waals surface area contributed by atoms with Crippen LogP contribution in [0.25, 0.3) is 0 Å². The molecule has 0 bridgehead atoms. The van der Waals surface area contributed by atoms with E-state index in [2.05, 4.69) is 23.6 Å². The number of nitriles is 1. The van der Waals surface area contributed by atoms with Gasteiger partial charge in [0.05, 0.1) is 17.0 Å². The molecule has 1 aliphatic heterocycles. The lowest BCUT2D eigenvalue weighted by Crippen LogP contribution is -2.44. The zero-order valence-electron chi connectivity index (χ0n) is 11.9. The van der Waals surface area contributed by atoms with Gasteiger partial charge >= 0.3 is 0 Å². The van der Waals surface area contributed by atoms with E-state index in [4.69, 9.17) is 5.26 Å². The maximum absolute atomic E-state index is 12.7. The lowest BCUT2D eigenvalue weighted by Gasteiger charge is -2.36. The maximum Gasteiger partial charge on any atom is 0.230 e. The fourth-order valence-electron chi connectivity index (χ4n) is 2.90. The fraction of sp³-hybridized carbons (Fsp3) is 0.500. The highest BCUT2D eigenvalue weighted by atomic mass is 16.2. The molecule has 1 heterocycles. The highest BCUT2D eigenvalue weighted by Crippen LogP contribution is 2.35. The van der Waals surface area contributed by atoms with Crippen molar-refractivity contribution in [2.75, 3.05) is 18.4 Å². The van der Waals surface area contributed by atoms with E-state index in [9.17, 15) is 4.79 Å². The van der Waals surface area contributed by atoms with Crippen LogP contribution in [-0.4, -0.2) is 19.0 Å². The minimum Gasteiger partial charge on any atom is -0.326 e. The van der Waals surface area contributed by atoms with Crippen molar-refractivity contribution in [2.45, 2.75) is 32.6 Å². The molecule has 0 spiro atoms. The van der Waals surface area contributed by atoms with Gasteiger partial charge in [0.15, 0.2) is 0 Å². The van der Waals surface area contributed by atoms with E-state index in [1.165, 1.54) is 0 Å². The number of hydrogen-bond acceptors (Lipinski definition) is 3. The van der Waals surface area contributed by atoms with Gasteiger partial charge in [-0.3, -0.25) is 4.79 Å². The van der Waals surface area contributed by atoms with Gasteiger partial charge < -0.3 is 10.6 Å². The van der Waals surface area contributed by atoms with Gasteiger partial charge in [0.25, 0.3) is 0 Å². The molecule has 1 fully saturated rings. The molecule has 1 aromatic rings. The number of hydrogen-bond donors (Lipinski definition) is 2. The normalized spacial score (nSPS) is 17.2. The van der Waals surface area contributed by atoms with Crippen LogP contribution in [0.15, 0.2) is 24.3 Å². The van der Waals surface area contributed by atoms with Gasteiger partial charge in [-0.15, -0.1) is 0 Å². The van der Waals surface area contributed by atoms with Gasteiger partial charge in [0.1, 0.15) is 0 Å². The molecule has 1 aliphatic rings. The molecule has 0 aromatic heterocycles. The minimum absolute atomic E-state index is 0.0935. The monoisotopic (exact) mass is 271 g/mol.